The van der Waals surface area contributed by atoms with Crippen molar-refractivity contribution in [2.24, 2.45) is 0 Å². The summed E-state index contributed by atoms with van der Waals surface area (Å²) in [5.41, 5.74) is 1.34. The maximum Gasteiger partial charge on any atom is 0.270 e. The molecule has 0 unspecified atom stereocenters. The summed E-state index contributed by atoms with van der Waals surface area (Å²) in [6, 6.07) is 17.3. The highest BCUT2D eigenvalue weighted by atomic mass is 32.2. The fourth-order valence-corrected chi connectivity index (χ4v) is 4.44. The lowest BCUT2D eigenvalue weighted by Crippen LogP contribution is -2.27. The molecular formula is C21H14N2O4S2. The molecule has 0 atom stereocenters. The monoisotopic (exact) mass is 422 g/mol. The molecule has 1 fully saturated rings. The number of fused-ring (bicyclic) bond motifs is 1. The van der Waals surface area contributed by atoms with Crippen LogP contribution in [-0.4, -0.2) is 22.3 Å². The molecule has 1 saturated heterocycles. The molecule has 1 amide bonds. The topological polar surface area (TPSA) is 72.7 Å². The van der Waals surface area contributed by atoms with Crippen molar-refractivity contribution in [3.05, 3.63) is 81.2 Å². The number of carbonyl (C=O) groups excluding carboxylic acids is 1. The molecule has 0 bridgehead atoms. The molecule has 0 N–H and O–H groups in total. The highest BCUT2D eigenvalue weighted by Crippen LogP contribution is 2.38. The summed E-state index contributed by atoms with van der Waals surface area (Å²) in [5.74, 6) is 0.505. The minimum absolute atomic E-state index is 0.0422. The summed E-state index contributed by atoms with van der Waals surface area (Å²) in [7, 11) is 1.62. The van der Waals surface area contributed by atoms with Gasteiger partial charge in [0.1, 0.15) is 5.75 Å². The number of thiocarbonyl (C=S) groups is 1. The average Bonchev–Trinajstić information content (AvgIpc) is 3.01. The van der Waals surface area contributed by atoms with Gasteiger partial charge in [0.05, 0.1) is 22.6 Å². The number of ether oxygens (including phenoxy) is 1. The van der Waals surface area contributed by atoms with Gasteiger partial charge in [0.25, 0.3) is 11.6 Å². The number of anilines is 1. The third-order valence-electron chi connectivity index (χ3n) is 4.54. The van der Waals surface area contributed by atoms with Gasteiger partial charge in [-0.15, -0.1) is 0 Å². The Hall–Kier alpha value is -3.23. The van der Waals surface area contributed by atoms with E-state index in [9.17, 15) is 14.9 Å². The van der Waals surface area contributed by atoms with E-state index in [1.54, 1.807) is 7.11 Å². The smallest absolute Gasteiger partial charge is 0.270 e. The molecular weight excluding hydrogens is 408 g/mol. The zero-order valence-corrected chi connectivity index (χ0v) is 16.8. The van der Waals surface area contributed by atoms with E-state index in [-0.39, 0.29) is 11.6 Å². The number of methoxy groups -OCH3 is 1. The standard InChI is InChI=1S/C21H14N2O4S2/c1-27-18-11-6-13(16-4-2-3-5-17(16)18)12-19-20(24)22(21(28)29-19)14-7-9-15(10-8-14)23(25)26/h2-12H,1H3/b19-12-. The van der Waals surface area contributed by atoms with Crippen LogP contribution >= 0.6 is 24.0 Å². The summed E-state index contributed by atoms with van der Waals surface area (Å²) in [6.45, 7) is 0. The number of thioether (sulfide) groups is 1. The van der Waals surface area contributed by atoms with Gasteiger partial charge in [0, 0.05) is 17.5 Å². The van der Waals surface area contributed by atoms with Crippen molar-refractivity contribution in [1.29, 1.82) is 0 Å². The number of hydrogen-bond acceptors (Lipinski definition) is 6. The third-order valence-corrected chi connectivity index (χ3v) is 5.84. The van der Waals surface area contributed by atoms with Crippen molar-refractivity contribution in [2.45, 2.75) is 0 Å². The van der Waals surface area contributed by atoms with Gasteiger partial charge < -0.3 is 4.74 Å². The molecule has 29 heavy (non-hydrogen) atoms. The second-order valence-corrected chi connectivity index (χ2v) is 7.87. The molecule has 0 radical (unpaired) electrons. The number of nitro benzene ring substituents is 1. The van der Waals surface area contributed by atoms with Crippen LogP contribution in [0.1, 0.15) is 5.56 Å². The third kappa shape index (κ3) is 3.48. The summed E-state index contributed by atoms with van der Waals surface area (Å²) in [6.07, 6.45) is 1.81. The zero-order valence-electron chi connectivity index (χ0n) is 15.2. The minimum atomic E-state index is -0.483. The van der Waals surface area contributed by atoms with E-state index in [0.717, 1.165) is 22.1 Å². The lowest BCUT2D eigenvalue weighted by molar-refractivity contribution is -0.384. The molecule has 144 valence electrons. The number of amides is 1. The second-order valence-electron chi connectivity index (χ2n) is 6.19. The van der Waals surface area contributed by atoms with Crippen molar-refractivity contribution >= 4 is 62.4 Å². The maximum absolute atomic E-state index is 13.0. The molecule has 1 aliphatic rings. The molecule has 1 aliphatic heterocycles. The van der Waals surface area contributed by atoms with E-state index < -0.39 is 4.92 Å². The lowest BCUT2D eigenvalue weighted by Gasteiger charge is -2.14. The Morgan fingerprint density at radius 2 is 1.76 bits per heavy atom. The van der Waals surface area contributed by atoms with Gasteiger partial charge >= 0.3 is 0 Å². The number of carbonyl (C=O) groups is 1. The van der Waals surface area contributed by atoms with Gasteiger partial charge in [-0.1, -0.05) is 54.3 Å². The molecule has 1 heterocycles. The maximum atomic E-state index is 13.0. The molecule has 0 aliphatic carbocycles. The number of rotatable bonds is 4. The van der Waals surface area contributed by atoms with E-state index in [2.05, 4.69) is 0 Å². The van der Waals surface area contributed by atoms with E-state index in [4.69, 9.17) is 17.0 Å². The molecule has 0 aromatic heterocycles. The molecule has 0 saturated carbocycles. The van der Waals surface area contributed by atoms with Crippen molar-refractivity contribution in [3.63, 3.8) is 0 Å². The van der Waals surface area contributed by atoms with Gasteiger partial charge in [-0.25, -0.2) is 0 Å². The first-order valence-corrected chi connectivity index (χ1v) is 9.80. The van der Waals surface area contributed by atoms with Crippen molar-refractivity contribution in [3.8, 4) is 5.75 Å². The number of nitro groups is 1. The zero-order chi connectivity index (χ0) is 20.5. The molecule has 0 spiro atoms. The van der Waals surface area contributed by atoms with Crippen molar-refractivity contribution < 1.29 is 14.5 Å². The first-order valence-electron chi connectivity index (χ1n) is 8.58. The molecule has 3 aromatic carbocycles. The van der Waals surface area contributed by atoms with Gasteiger partial charge in [-0.05, 0) is 35.2 Å². The van der Waals surface area contributed by atoms with Crippen molar-refractivity contribution in [1.82, 2.24) is 0 Å². The summed E-state index contributed by atoms with van der Waals surface area (Å²) < 4.78 is 5.80. The second kappa shape index (κ2) is 7.65. The first-order chi connectivity index (χ1) is 14.0. The average molecular weight is 422 g/mol. The quantitative estimate of drug-likeness (QED) is 0.250. The van der Waals surface area contributed by atoms with Crippen LogP contribution in [0.3, 0.4) is 0 Å². The Bertz CT molecular complexity index is 1190. The van der Waals surface area contributed by atoms with Gasteiger partial charge in [0.15, 0.2) is 4.32 Å². The molecule has 4 rings (SSSR count). The SMILES string of the molecule is COc1ccc(/C=C2\SC(=S)N(c3ccc([N+](=O)[O-])cc3)C2=O)c2ccccc12. The number of nitrogens with zero attached hydrogens (tertiary/aromatic N) is 2. The van der Waals surface area contributed by atoms with Crippen LogP contribution in [0, 0.1) is 10.1 Å². The Kier molecular flexibility index (Phi) is 5.04. The van der Waals surface area contributed by atoms with Crippen LogP contribution in [0.4, 0.5) is 11.4 Å². The van der Waals surface area contributed by atoms with Crippen LogP contribution in [0.25, 0.3) is 16.8 Å². The van der Waals surface area contributed by atoms with E-state index >= 15 is 0 Å². The molecule has 8 heteroatoms. The fraction of sp³-hybridized carbons (Fsp3) is 0.0476. The highest BCUT2D eigenvalue weighted by molar-refractivity contribution is 8.27. The molecule has 3 aromatic rings. The largest absolute Gasteiger partial charge is 0.496 e. The molecule has 6 nitrogen and oxygen atoms in total. The van der Waals surface area contributed by atoms with Crippen LogP contribution in [0.15, 0.2) is 65.6 Å². The van der Waals surface area contributed by atoms with Crippen LogP contribution < -0.4 is 9.64 Å². The number of non-ortho nitro benzene ring substituents is 1. The summed E-state index contributed by atoms with van der Waals surface area (Å²) in [5, 5.41) is 12.8. The highest BCUT2D eigenvalue weighted by Gasteiger charge is 2.33. The Labute approximate surface area is 175 Å². The predicted molar refractivity (Wildman–Crippen MR) is 119 cm³/mol. The van der Waals surface area contributed by atoms with Crippen LogP contribution in [-0.2, 0) is 4.79 Å². The number of benzene rings is 3. The van der Waals surface area contributed by atoms with E-state index in [1.807, 2.05) is 42.5 Å². The van der Waals surface area contributed by atoms with Crippen LogP contribution in [0.2, 0.25) is 0 Å². The predicted octanol–water partition coefficient (Wildman–Crippen LogP) is 5.16. The normalized spacial score (nSPS) is 15.3. The van der Waals surface area contributed by atoms with Gasteiger partial charge in [-0.2, -0.15) is 0 Å². The van der Waals surface area contributed by atoms with Gasteiger partial charge in [0.2, 0.25) is 0 Å². The fourth-order valence-electron chi connectivity index (χ4n) is 3.15. The lowest BCUT2D eigenvalue weighted by atomic mass is 10.0. The first kappa shape index (κ1) is 19.1. The summed E-state index contributed by atoms with van der Waals surface area (Å²) in [4.78, 5) is 25.2. The summed E-state index contributed by atoms with van der Waals surface area (Å²) >= 11 is 6.59. The Morgan fingerprint density at radius 1 is 1.07 bits per heavy atom. The Balaban J connectivity index is 1.71. The minimum Gasteiger partial charge on any atom is -0.496 e. The van der Waals surface area contributed by atoms with E-state index in [0.29, 0.717) is 14.9 Å². The van der Waals surface area contributed by atoms with E-state index in [1.165, 1.54) is 40.9 Å². The number of hydrogen-bond donors (Lipinski definition) is 0. The van der Waals surface area contributed by atoms with Crippen molar-refractivity contribution in [2.75, 3.05) is 12.0 Å². The Morgan fingerprint density at radius 3 is 2.41 bits per heavy atom. The van der Waals surface area contributed by atoms with Gasteiger partial charge in [-0.3, -0.25) is 19.8 Å². The van der Waals surface area contributed by atoms with Crippen LogP contribution in [0.5, 0.6) is 5.75 Å².